The maximum Gasteiger partial charge on any atom is 0.417 e. The molecule has 3 rings (SSSR count). The highest BCUT2D eigenvalue weighted by atomic mass is 35.5. The predicted octanol–water partition coefficient (Wildman–Crippen LogP) is 7.35. The highest BCUT2D eigenvalue weighted by Gasteiger charge is 2.33. The van der Waals surface area contributed by atoms with Gasteiger partial charge in [0.05, 0.1) is 17.2 Å². The van der Waals surface area contributed by atoms with Gasteiger partial charge in [-0.3, -0.25) is 0 Å². The molecule has 0 aliphatic heterocycles. The van der Waals surface area contributed by atoms with Crippen molar-refractivity contribution < 1.29 is 22.7 Å². The molecule has 152 valence electrons. The Morgan fingerprint density at radius 1 is 0.933 bits per heavy atom. The number of nitrogens with one attached hydrogen (secondary N) is 2. The average molecular weight is 432 g/mol. The summed E-state index contributed by atoms with van der Waals surface area (Å²) < 4.78 is 44.5. The zero-order chi connectivity index (χ0) is 21.7. The van der Waals surface area contributed by atoms with Gasteiger partial charge in [0.2, 0.25) is 0 Å². The van der Waals surface area contributed by atoms with Crippen LogP contribution in [0.25, 0.3) is 4.85 Å². The first-order valence-corrected chi connectivity index (χ1v) is 8.82. The number of halogens is 4. The Labute approximate surface area is 174 Å². The van der Waals surface area contributed by atoms with Gasteiger partial charge in [0.15, 0.2) is 5.69 Å². The fraction of sp³-hybridized carbons (Fsp3) is 0.0476. The van der Waals surface area contributed by atoms with Crippen LogP contribution in [0.5, 0.6) is 11.5 Å². The van der Waals surface area contributed by atoms with Crippen molar-refractivity contribution in [3.05, 3.63) is 88.7 Å². The number of carbonyl (C=O) groups is 1. The number of urea groups is 1. The van der Waals surface area contributed by atoms with Gasteiger partial charge >= 0.3 is 12.2 Å². The molecule has 3 aromatic rings. The summed E-state index contributed by atoms with van der Waals surface area (Å²) in [5, 5.41) is 4.40. The lowest BCUT2D eigenvalue weighted by Gasteiger charge is -2.13. The Hall–Kier alpha value is -3.70. The molecule has 0 aliphatic rings. The van der Waals surface area contributed by atoms with E-state index in [2.05, 4.69) is 15.5 Å². The highest BCUT2D eigenvalue weighted by Crippen LogP contribution is 2.36. The van der Waals surface area contributed by atoms with Crippen LogP contribution in [0.3, 0.4) is 0 Å². The van der Waals surface area contributed by atoms with E-state index in [0.717, 1.165) is 12.1 Å². The number of amides is 2. The van der Waals surface area contributed by atoms with Crippen LogP contribution in [0.1, 0.15) is 5.56 Å². The van der Waals surface area contributed by atoms with Gasteiger partial charge in [0, 0.05) is 17.4 Å². The zero-order valence-corrected chi connectivity index (χ0v) is 15.9. The molecule has 2 N–H and O–H groups in total. The summed E-state index contributed by atoms with van der Waals surface area (Å²) in [6, 6.07) is 15.3. The van der Waals surface area contributed by atoms with Gasteiger partial charge < -0.3 is 15.4 Å². The van der Waals surface area contributed by atoms with Gasteiger partial charge in [0.25, 0.3) is 0 Å². The Balaban J connectivity index is 1.67. The van der Waals surface area contributed by atoms with Crippen LogP contribution in [0.4, 0.5) is 35.0 Å². The van der Waals surface area contributed by atoms with Crippen molar-refractivity contribution >= 4 is 34.7 Å². The van der Waals surface area contributed by atoms with E-state index in [9.17, 15) is 18.0 Å². The van der Waals surface area contributed by atoms with Crippen molar-refractivity contribution in [2.24, 2.45) is 0 Å². The number of alkyl halides is 3. The molecule has 0 bridgehead atoms. The second kappa shape index (κ2) is 8.76. The van der Waals surface area contributed by atoms with Crippen molar-refractivity contribution in [2.45, 2.75) is 6.18 Å². The first-order valence-electron chi connectivity index (χ1n) is 8.45. The second-order valence-electron chi connectivity index (χ2n) is 6.01. The van der Waals surface area contributed by atoms with Crippen LogP contribution >= 0.6 is 11.6 Å². The minimum absolute atomic E-state index is 0.0588. The summed E-state index contributed by atoms with van der Waals surface area (Å²) in [5.41, 5.74) is -0.253. The van der Waals surface area contributed by atoms with Gasteiger partial charge in [-0.2, -0.15) is 13.2 Å². The molecule has 0 heterocycles. The van der Waals surface area contributed by atoms with Crippen molar-refractivity contribution in [3.8, 4) is 11.5 Å². The quantitative estimate of drug-likeness (QED) is 0.424. The van der Waals surface area contributed by atoms with Crippen molar-refractivity contribution in [3.63, 3.8) is 0 Å². The number of benzene rings is 3. The van der Waals surface area contributed by atoms with Gasteiger partial charge in [-0.1, -0.05) is 29.8 Å². The fourth-order valence-electron chi connectivity index (χ4n) is 2.48. The lowest BCUT2D eigenvalue weighted by Crippen LogP contribution is -2.20. The number of hydrogen-bond acceptors (Lipinski definition) is 2. The largest absolute Gasteiger partial charge is 0.457 e. The highest BCUT2D eigenvalue weighted by molar-refractivity contribution is 6.31. The molecule has 0 radical (unpaired) electrons. The second-order valence-corrected chi connectivity index (χ2v) is 6.41. The summed E-state index contributed by atoms with van der Waals surface area (Å²) in [7, 11) is 0. The predicted molar refractivity (Wildman–Crippen MR) is 108 cm³/mol. The molecule has 30 heavy (non-hydrogen) atoms. The van der Waals surface area contributed by atoms with E-state index in [-0.39, 0.29) is 5.69 Å². The standard InChI is InChI=1S/C21H13ClF3N3O2/c1-26-13-5-8-16(9-6-13)30-17-4-2-3-14(11-17)27-20(29)28-15-7-10-19(22)18(12-15)21(23,24)25/h2-12H,(H2,27,28,29). The van der Waals surface area contributed by atoms with E-state index in [4.69, 9.17) is 22.9 Å². The molecule has 0 aromatic heterocycles. The minimum atomic E-state index is -4.64. The normalized spacial score (nSPS) is 10.8. The third-order valence-electron chi connectivity index (χ3n) is 3.82. The van der Waals surface area contributed by atoms with E-state index in [0.29, 0.717) is 22.9 Å². The van der Waals surface area contributed by atoms with Crippen LogP contribution in [0.15, 0.2) is 66.7 Å². The fourth-order valence-corrected chi connectivity index (χ4v) is 2.70. The Morgan fingerprint density at radius 3 is 2.23 bits per heavy atom. The third-order valence-corrected chi connectivity index (χ3v) is 4.15. The smallest absolute Gasteiger partial charge is 0.417 e. The number of carbonyl (C=O) groups excluding carboxylic acids is 1. The van der Waals surface area contributed by atoms with E-state index >= 15 is 0 Å². The summed E-state index contributed by atoms with van der Waals surface area (Å²) in [6.07, 6.45) is -4.64. The van der Waals surface area contributed by atoms with Gasteiger partial charge in [0.1, 0.15) is 11.5 Å². The van der Waals surface area contributed by atoms with Crippen LogP contribution in [-0.2, 0) is 6.18 Å². The molecule has 0 aliphatic carbocycles. The molecule has 0 saturated carbocycles. The molecule has 0 saturated heterocycles. The maximum absolute atomic E-state index is 12.9. The number of ether oxygens (including phenoxy) is 1. The monoisotopic (exact) mass is 431 g/mol. The first kappa shape index (κ1) is 21.0. The molecule has 0 atom stereocenters. The number of anilines is 2. The van der Waals surface area contributed by atoms with Crippen LogP contribution < -0.4 is 15.4 Å². The van der Waals surface area contributed by atoms with Crippen molar-refractivity contribution in [1.82, 2.24) is 0 Å². The van der Waals surface area contributed by atoms with Crippen LogP contribution in [0, 0.1) is 6.57 Å². The topological polar surface area (TPSA) is 54.7 Å². The summed E-state index contributed by atoms with van der Waals surface area (Å²) >= 11 is 5.57. The molecular formula is C21H13ClF3N3O2. The third kappa shape index (κ3) is 5.43. The van der Waals surface area contributed by atoms with E-state index in [1.807, 2.05) is 0 Å². The molecule has 9 heteroatoms. The Bertz CT molecular complexity index is 1110. The first-order chi connectivity index (χ1) is 14.2. The number of rotatable bonds is 4. The summed E-state index contributed by atoms with van der Waals surface area (Å²) in [5.74, 6) is 0.930. The Kier molecular flexibility index (Phi) is 6.14. The van der Waals surface area contributed by atoms with E-state index in [1.165, 1.54) is 6.07 Å². The molecule has 0 spiro atoms. The SMILES string of the molecule is [C-]#[N+]c1ccc(Oc2cccc(NC(=O)Nc3ccc(Cl)c(C(F)(F)F)c3)c2)cc1. The molecule has 2 amide bonds. The zero-order valence-electron chi connectivity index (χ0n) is 15.1. The van der Waals surface area contributed by atoms with Gasteiger partial charge in [-0.15, -0.1) is 0 Å². The number of nitrogens with zero attached hydrogens (tertiary/aromatic N) is 1. The molecule has 3 aromatic carbocycles. The summed E-state index contributed by atoms with van der Waals surface area (Å²) in [6.45, 7) is 6.94. The van der Waals surface area contributed by atoms with Gasteiger partial charge in [-0.25, -0.2) is 9.64 Å². The maximum atomic E-state index is 12.9. The van der Waals surface area contributed by atoms with Crippen LogP contribution in [-0.4, -0.2) is 6.03 Å². The van der Waals surface area contributed by atoms with E-state index in [1.54, 1.807) is 48.5 Å². The average Bonchev–Trinajstić information content (AvgIpc) is 2.69. The Morgan fingerprint density at radius 2 is 1.60 bits per heavy atom. The lowest BCUT2D eigenvalue weighted by molar-refractivity contribution is -0.137. The molecular weight excluding hydrogens is 419 g/mol. The summed E-state index contributed by atoms with van der Waals surface area (Å²) in [4.78, 5) is 15.5. The van der Waals surface area contributed by atoms with Gasteiger partial charge in [-0.05, 0) is 42.5 Å². The molecule has 5 nitrogen and oxygen atoms in total. The van der Waals surface area contributed by atoms with Crippen LogP contribution in [0.2, 0.25) is 5.02 Å². The number of hydrogen-bond donors (Lipinski definition) is 2. The molecule has 0 fully saturated rings. The van der Waals surface area contributed by atoms with Crippen molar-refractivity contribution in [1.29, 1.82) is 0 Å². The minimum Gasteiger partial charge on any atom is -0.457 e. The molecule has 0 unspecified atom stereocenters. The van der Waals surface area contributed by atoms with E-state index < -0.39 is 22.8 Å². The van der Waals surface area contributed by atoms with Crippen molar-refractivity contribution in [2.75, 3.05) is 10.6 Å². The lowest BCUT2D eigenvalue weighted by atomic mass is 10.2.